The van der Waals surface area contributed by atoms with Crippen LogP contribution in [-0.4, -0.2) is 50.2 Å². The number of thioether (sulfide) groups is 1. The van der Waals surface area contributed by atoms with Gasteiger partial charge in [-0.25, -0.2) is 0 Å². The van der Waals surface area contributed by atoms with E-state index >= 15 is 0 Å². The number of carbonyl (C=O) groups is 2. The minimum absolute atomic E-state index is 0.0394. The van der Waals surface area contributed by atoms with Crippen LogP contribution in [0, 0.1) is 0 Å². The first-order valence-electron chi connectivity index (χ1n) is 9.13. The first-order chi connectivity index (χ1) is 13.5. The zero-order valence-electron chi connectivity index (χ0n) is 16.3. The third kappa shape index (κ3) is 4.85. The van der Waals surface area contributed by atoms with Crippen LogP contribution in [-0.2, 0) is 16.0 Å². The van der Waals surface area contributed by atoms with Crippen molar-refractivity contribution < 1.29 is 14.3 Å². The minimum atomic E-state index is -0.668. The fourth-order valence-corrected chi connectivity index (χ4v) is 3.63. The normalized spacial score (nSPS) is 13.6. The maximum Gasteiger partial charge on any atom is 0.313 e. The Kier molecular flexibility index (Phi) is 6.59. The van der Waals surface area contributed by atoms with E-state index in [1.54, 1.807) is 17.8 Å². The van der Waals surface area contributed by atoms with Gasteiger partial charge in [-0.15, -0.1) is 11.8 Å². The van der Waals surface area contributed by atoms with Crippen molar-refractivity contribution in [1.29, 1.82) is 0 Å². The standard InChI is InChI=1S/C21H25N3O3S/c1-24(2)18(14-7-8-19-15(11-14)9-10-27-19)13-22-20(25)21(26)23-16-5-4-6-17(12-16)28-3/h4-8,11-12,18H,9-10,13H2,1-3H3,(H,22,25)(H,23,26). The van der Waals surface area contributed by atoms with Crippen LogP contribution in [0.3, 0.4) is 0 Å². The molecule has 0 spiro atoms. The number of carbonyl (C=O) groups excluding carboxylic acids is 2. The maximum absolute atomic E-state index is 12.3. The molecule has 1 heterocycles. The third-order valence-corrected chi connectivity index (χ3v) is 5.44. The van der Waals surface area contributed by atoms with Crippen molar-refractivity contribution in [3.05, 3.63) is 53.6 Å². The number of rotatable bonds is 6. The monoisotopic (exact) mass is 399 g/mol. The fourth-order valence-electron chi connectivity index (χ4n) is 3.17. The van der Waals surface area contributed by atoms with E-state index in [2.05, 4.69) is 16.7 Å². The van der Waals surface area contributed by atoms with Crippen LogP contribution >= 0.6 is 11.8 Å². The van der Waals surface area contributed by atoms with Gasteiger partial charge in [0.25, 0.3) is 0 Å². The van der Waals surface area contributed by atoms with Crippen LogP contribution in [0.15, 0.2) is 47.4 Å². The summed E-state index contributed by atoms with van der Waals surface area (Å²) in [6, 6.07) is 13.5. The lowest BCUT2D eigenvalue weighted by molar-refractivity contribution is -0.136. The second kappa shape index (κ2) is 9.12. The number of nitrogens with zero attached hydrogens (tertiary/aromatic N) is 1. The predicted molar refractivity (Wildman–Crippen MR) is 112 cm³/mol. The Bertz CT molecular complexity index is 870. The number of amides is 2. The number of hydrogen-bond donors (Lipinski definition) is 2. The second-order valence-electron chi connectivity index (χ2n) is 6.84. The smallest absolute Gasteiger partial charge is 0.313 e. The van der Waals surface area contributed by atoms with E-state index in [0.29, 0.717) is 18.8 Å². The van der Waals surface area contributed by atoms with Crippen LogP contribution < -0.4 is 15.4 Å². The number of fused-ring (bicyclic) bond motifs is 1. The lowest BCUT2D eigenvalue weighted by Gasteiger charge is -2.25. The summed E-state index contributed by atoms with van der Waals surface area (Å²) < 4.78 is 5.56. The zero-order valence-corrected chi connectivity index (χ0v) is 17.1. The van der Waals surface area contributed by atoms with Gasteiger partial charge in [-0.05, 0) is 55.7 Å². The molecule has 0 bridgehead atoms. The molecule has 1 aliphatic heterocycles. The Hall–Kier alpha value is -2.51. The summed E-state index contributed by atoms with van der Waals surface area (Å²) in [5.74, 6) is -0.388. The quantitative estimate of drug-likeness (QED) is 0.577. The lowest BCUT2D eigenvalue weighted by atomic mass is 10.0. The highest BCUT2D eigenvalue weighted by atomic mass is 32.2. The first-order valence-corrected chi connectivity index (χ1v) is 10.4. The summed E-state index contributed by atoms with van der Waals surface area (Å²) in [5, 5.41) is 5.40. The number of ether oxygens (including phenoxy) is 1. The van der Waals surface area contributed by atoms with E-state index in [1.165, 1.54) is 5.56 Å². The van der Waals surface area contributed by atoms with Crippen molar-refractivity contribution in [2.24, 2.45) is 0 Å². The van der Waals surface area contributed by atoms with E-state index in [4.69, 9.17) is 4.74 Å². The number of hydrogen-bond acceptors (Lipinski definition) is 5. The number of benzene rings is 2. The molecule has 2 aromatic rings. The van der Waals surface area contributed by atoms with Crippen LogP contribution in [0.5, 0.6) is 5.75 Å². The summed E-state index contributed by atoms with van der Waals surface area (Å²) in [7, 11) is 3.91. The van der Waals surface area contributed by atoms with Gasteiger partial charge in [-0.3, -0.25) is 9.59 Å². The van der Waals surface area contributed by atoms with Gasteiger partial charge in [0.2, 0.25) is 0 Å². The molecule has 0 radical (unpaired) electrons. The molecule has 2 aromatic carbocycles. The molecule has 0 saturated carbocycles. The third-order valence-electron chi connectivity index (χ3n) is 4.71. The summed E-state index contributed by atoms with van der Waals surface area (Å²) >= 11 is 1.58. The molecule has 1 unspecified atom stereocenters. The summed E-state index contributed by atoms with van der Waals surface area (Å²) in [4.78, 5) is 27.6. The van der Waals surface area contributed by atoms with Crippen molar-refractivity contribution in [3.8, 4) is 5.75 Å². The summed E-state index contributed by atoms with van der Waals surface area (Å²) in [6.45, 7) is 1.05. The molecule has 3 rings (SSSR count). The van der Waals surface area contributed by atoms with Crippen LogP contribution in [0.2, 0.25) is 0 Å². The highest BCUT2D eigenvalue weighted by Crippen LogP contribution is 2.29. The molecule has 0 aliphatic carbocycles. The van der Waals surface area contributed by atoms with E-state index in [9.17, 15) is 9.59 Å². The molecule has 148 valence electrons. The molecule has 7 heteroatoms. The molecule has 6 nitrogen and oxygen atoms in total. The fraction of sp³-hybridized carbons (Fsp3) is 0.333. The first kappa shape index (κ1) is 20.2. The van der Waals surface area contributed by atoms with Crippen molar-refractivity contribution in [1.82, 2.24) is 10.2 Å². The molecule has 0 aromatic heterocycles. The number of anilines is 1. The van der Waals surface area contributed by atoms with Crippen molar-refractivity contribution in [3.63, 3.8) is 0 Å². The van der Waals surface area contributed by atoms with Crippen molar-refractivity contribution >= 4 is 29.3 Å². The maximum atomic E-state index is 12.3. The number of likely N-dealkylation sites (N-methyl/N-ethyl adjacent to an activating group) is 1. The van der Waals surface area contributed by atoms with Gasteiger partial charge in [0.1, 0.15) is 5.75 Å². The van der Waals surface area contributed by atoms with Crippen molar-refractivity contribution in [2.45, 2.75) is 17.4 Å². The Morgan fingerprint density at radius 2 is 2.00 bits per heavy atom. The molecular formula is C21H25N3O3S. The predicted octanol–water partition coefficient (Wildman–Crippen LogP) is 2.70. The largest absolute Gasteiger partial charge is 0.493 e. The molecule has 2 amide bonds. The Morgan fingerprint density at radius 3 is 2.75 bits per heavy atom. The van der Waals surface area contributed by atoms with Crippen molar-refractivity contribution in [2.75, 3.05) is 38.8 Å². The van der Waals surface area contributed by atoms with Gasteiger partial charge in [0.15, 0.2) is 0 Å². The molecule has 0 saturated heterocycles. The van der Waals surface area contributed by atoms with Gasteiger partial charge in [0.05, 0.1) is 12.6 Å². The zero-order chi connectivity index (χ0) is 20.1. The van der Waals surface area contributed by atoms with Gasteiger partial charge in [0, 0.05) is 23.5 Å². The van der Waals surface area contributed by atoms with E-state index in [-0.39, 0.29) is 6.04 Å². The Labute approximate surface area is 169 Å². The van der Waals surface area contributed by atoms with Crippen LogP contribution in [0.4, 0.5) is 5.69 Å². The summed E-state index contributed by atoms with van der Waals surface area (Å²) in [5.41, 5.74) is 2.87. The average Bonchev–Trinajstić information content (AvgIpc) is 3.15. The SMILES string of the molecule is CSc1cccc(NC(=O)C(=O)NCC(c2ccc3c(c2)CCO3)N(C)C)c1. The highest BCUT2D eigenvalue weighted by molar-refractivity contribution is 7.98. The average molecular weight is 400 g/mol. The Morgan fingerprint density at radius 1 is 1.18 bits per heavy atom. The topological polar surface area (TPSA) is 70.7 Å². The highest BCUT2D eigenvalue weighted by Gasteiger charge is 2.21. The second-order valence-corrected chi connectivity index (χ2v) is 7.72. The molecule has 1 atom stereocenters. The number of nitrogens with one attached hydrogen (secondary N) is 2. The van der Waals surface area contributed by atoms with Crippen LogP contribution in [0.1, 0.15) is 17.2 Å². The molecule has 28 heavy (non-hydrogen) atoms. The lowest BCUT2D eigenvalue weighted by Crippen LogP contribution is -2.40. The molecular weight excluding hydrogens is 374 g/mol. The molecule has 1 aliphatic rings. The Balaban J connectivity index is 1.61. The van der Waals surface area contributed by atoms with E-state index in [0.717, 1.165) is 22.6 Å². The van der Waals surface area contributed by atoms with E-state index in [1.807, 2.05) is 55.6 Å². The minimum Gasteiger partial charge on any atom is -0.493 e. The molecule has 2 N–H and O–H groups in total. The van der Waals surface area contributed by atoms with Gasteiger partial charge in [-0.2, -0.15) is 0 Å². The van der Waals surface area contributed by atoms with Crippen LogP contribution in [0.25, 0.3) is 0 Å². The van der Waals surface area contributed by atoms with Gasteiger partial charge < -0.3 is 20.3 Å². The molecule has 0 fully saturated rings. The van der Waals surface area contributed by atoms with E-state index < -0.39 is 11.8 Å². The summed E-state index contributed by atoms with van der Waals surface area (Å²) in [6.07, 6.45) is 2.85. The van der Waals surface area contributed by atoms with Gasteiger partial charge >= 0.3 is 11.8 Å². The van der Waals surface area contributed by atoms with Gasteiger partial charge in [-0.1, -0.05) is 18.2 Å².